The average molecular weight is 676 g/mol. The maximum atomic E-state index is 6.63. The summed E-state index contributed by atoms with van der Waals surface area (Å²) in [5, 5.41) is 33.1. The Bertz CT molecular complexity index is 1060. The van der Waals surface area contributed by atoms with Crippen molar-refractivity contribution in [2.75, 3.05) is 0 Å². The third-order valence-electron chi connectivity index (χ3n) is 14.3. The van der Waals surface area contributed by atoms with Gasteiger partial charge in [-0.25, -0.2) is 0 Å². The molecule has 45 heavy (non-hydrogen) atoms. The summed E-state index contributed by atoms with van der Waals surface area (Å²) in [6.45, 7) is 0. The van der Waals surface area contributed by atoms with Crippen molar-refractivity contribution in [3.8, 4) is 0 Å². The normalized spacial score (nSPS) is 58.9. The van der Waals surface area contributed by atoms with E-state index in [0.717, 1.165) is 51.4 Å². The zero-order valence-corrected chi connectivity index (χ0v) is 27.6. The van der Waals surface area contributed by atoms with E-state index in [1.165, 1.54) is 25.7 Å². The van der Waals surface area contributed by atoms with Crippen molar-refractivity contribution in [2.24, 2.45) is 70.3 Å². The molecule has 5 aliphatic heterocycles. The number of fused-ring (bicyclic) bond motifs is 20. The van der Waals surface area contributed by atoms with Gasteiger partial charge in [0.05, 0.1) is 49.3 Å². The van der Waals surface area contributed by atoms with Gasteiger partial charge in [-0.1, -0.05) is 0 Å². The molecular formula is C32H60CuN12. The minimum atomic E-state index is 0. The van der Waals surface area contributed by atoms with Gasteiger partial charge in [-0.2, -0.15) is 0 Å². The molecule has 12 nitrogen and oxygen atoms in total. The number of nitrogens with one attached hydrogen (secondary N) is 8. The van der Waals surface area contributed by atoms with E-state index < -0.39 is 0 Å². The van der Waals surface area contributed by atoms with Crippen LogP contribution in [0, 0.1) is 47.3 Å². The molecule has 5 heterocycles. The van der Waals surface area contributed by atoms with Crippen LogP contribution >= 0.6 is 0 Å². The van der Waals surface area contributed by atoms with Crippen LogP contribution in [0.4, 0.5) is 0 Å². The van der Waals surface area contributed by atoms with E-state index in [9.17, 15) is 0 Å². The second-order valence-electron chi connectivity index (χ2n) is 16.8. The van der Waals surface area contributed by atoms with E-state index in [2.05, 4.69) is 42.5 Å². The molecule has 20 unspecified atom stereocenters. The third kappa shape index (κ3) is 5.78. The van der Waals surface area contributed by atoms with Gasteiger partial charge in [0.1, 0.15) is 0 Å². The SMILES string of the molecule is NC1CCC2C3NC4NC(NC5NC(NC6NC(NC(N3)C2C1)C1CCC(N)CC61)C1CCC(N)CC51)C1CC(N)CCC41.[Cu]. The first-order valence-corrected chi connectivity index (χ1v) is 18.5. The topological polar surface area (TPSA) is 200 Å². The Hall–Kier alpha value is 0.0395. The maximum absolute atomic E-state index is 6.63. The number of rotatable bonds is 0. The Labute approximate surface area is 279 Å². The van der Waals surface area contributed by atoms with Gasteiger partial charge in [-0.15, -0.1) is 0 Å². The zero-order chi connectivity index (χ0) is 29.7. The standard InChI is InChI=1S/C32H60N12.Cu/c33-13-1-5-17-21(9-13)29-38-25(17)37-26-18-6-2-15(35)11-23(18)31(39-26)44-32-24-12-16(36)4-8-20(24)28(43-32)42-30-22-10-14(34)3-7-19(22)27(40-29)41-30;/h13-32,37-44H,1-12,33-36H2;. The summed E-state index contributed by atoms with van der Waals surface area (Å²) in [6, 6.07) is 1.16. The van der Waals surface area contributed by atoms with Crippen LogP contribution in [0.3, 0.4) is 0 Å². The predicted octanol–water partition coefficient (Wildman–Crippen LogP) is -1.65. The van der Waals surface area contributed by atoms with Gasteiger partial charge < -0.3 is 22.9 Å². The Morgan fingerprint density at radius 1 is 0.267 bits per heavy atom. The zero-order valence-electron chi connectivity index (χ0n) is 26.6. The fourth-order valence-electron chi connectivity index (χ4n) is 12.1. The van der Waals surface area contributed by atoms with E-state index in [1.807, 2.05) is 0 Å². The predicted molar refractivity (Wildman–Crippen MR) is 171 cm³/mol. The number of hydrogen-bond donors (Lipinski definition) is 12. The van der Waals surface area contributed by atoms with Crippen LogP contribution in [0.5, 0.6) is 0 Å². The smallest absolute Gasteiger partial charge is 0.0629 e. The monoisotopic (exact) mass is 675 g/mol. The summed E-state index contributed by atoms with van der Waals surface area (Å²) in [5.74, 6) is 4.37. The number of nitrogens with two attached hydrogens (primary N) is 4. The van der Waals surface area contributed by atoms with E-state index >= 15 is 0 Å². The third-order valence-corrected chi connectivity index (χ3v) is 14.3. The molecule has 0 aromatic rings. The van der Waals surface area contributed by atoms with Crippen LogP contribution in [-0.4, -0.2) is 73.5 Å². The van der Waals surface area contributed by atoms with Crippen LogP contribution in [0.1, 0.15) is 77.0 Å². The molecule has 9 fully saturated rings. The fraction of sp³-hybridized carbons (Fsp3) is 1.00. The summed E-state index contributed by atoms with van der Waals surface area (Å²) in [4.78, 5) is 0. The quantitative estimate of drug-likeness (QED) is 0.131. The van der Waals surface area contributed by atoms with Crippen molar-refractivity contribution < 1.29 is 17.1 Å². The average Bonchev–Trinajstić information content (AvgIpc) is 3.71. The first kappa shape index (κ1) is 32.3. The summed E-state index contributed by atoms with van der Waals surface area (Å²) in [6.07, 6.45) is 15.5. The Morgan fingerprint density at radius 3 is 0.644 bits per heavy atom. The van der Waals surface area contributed by atoms with Crippen LogP contribution in [-0.2, 0) is 17.1 Å². The summed E-state index contributed by atoms with van der Waals surface area (Å²) in [5.41, 5.74) is 26.5. The molecule has 0 aromatic heterocycles. The van der Waals surface area contributed by atoms with Gasteiger partial charge in [0.2, 0.25) is 0 Å². The number of hydrogen-bond acceptors (Lipinski definition) is 12. The molecule has 0 spiro atoms. The Balaban J connectivity index is 0.00000300. The molecule has 13 heteroatoms. The van der Waals surface area contributed by atoms with Gasteiger partial charge in [0.15, 0.2) is 0 Å². The minimum absolute atomic E-state index is 0. The maximum Gasteiger partial charge on any atom is 0.0629 e. The van der Waals surface area contributed by atoms with Crippen molar-refractivity contribution in [3.63, 3.8) is 0 Å². The van der Waals surface area contributed by atoms with Crippen molar-refractivity contribution in [1.82, 2.24) is 42.5 Å². The van der Waals surface area contributed by atoms with Crippen LogP contribution in [0.25, 0.3) is 0 Å². The van der Waals surface area contributed by atoms with Crippen LogP contribution in [0.2, 0.25) is 0 Å². The Kier molecular flexibility index (Phi) is 9.13. The molecular weight excluding hydrogens is 616 g/mol. The summed E-state index contributed by atoms with van der Waals surface area (Å²) < 4.78 is 0. The van der Waals surface area contributed by atoms with E-state index in [4.69, 9.17) is 22.9 Å². The van der Waals surface area contributed by atoms with Crippen molar-refractivity contribution in [2.45, 2.75) is 151 Å². The molecule has 9 rings (SSSR count). The van der Waals surface area contributed by atoms with Gasteiger partial charge in [0, 0.05) is 41.2 Å². The molecule has 20 atom stereocenters. The van der Waals surface area contributed by atoms with Crippen molar-refractivity contribution in [1.29, 1.82) is 0 Å². The summed E-state index contributed by atoms with van der Waals surface area (Å²) >= 11 is 0. The molecule has 259 valence electrons. The second-order valence-corrected chi connectivity index (χ2v) is 16.8. The van der Waals surface area contributed by atoms with E-state index in [0.29, 0.717) is 53.4 Å². The van der Waals surface area contributed by atoms with Gasteiger partial charge in [-0.05, 0) is 124 Å². The van der Waals surface area contributed by atoms with Gasteiger partial charge in [-0.3, -0.25) is 42.5 Å². The van der Waals surface area contributed by atoms with Gasteiger partial charge in [0.25, 0.3) is 0 Å². The first-order chi connectivity index (χ1) is 21.4. The largest absolute Gasteiger partial charge is 0.328 e. The summed E-state index contributed by atoms with van der Waals surface area (Å²) in [7, 11) is 0. The van der Waals surface area contributed by atoms with Crippen LogP contribution in [0.15, 0.2) is 0 Å². The molecule has 8 bridgehead atoms. The molecule has 16 N–H and O–H groups in total. The van der Waals surface area contributed by atoms with Crippen molar-refractivity contribution >= 4 is 0 Å². The molecule has 4 aliphatic carbocycles. The molecule has 4 saturated carbocycles. The van der Waals surface area contributed by atoms with Crippen LogP contribution < -0.4 is 65.5 Å². The second kappa shape index (κ2) is 12.7. The molecule has 5 saturated heterocycles. The molecule has 0 amide bonds. The molecule has 1 radical (unpaired) electrons. The van der Waals surface area contributed by atoms with E-state index in [-0.39, 0.29) is 84.5 Å². The first-order valence-electron chi connectivity index (χ1n) is 18.5. The van der Waals surface area contributed by atoms with E-state index in [1.54, 1.807) is 0 Å². The van der Waals surface area contributed by atoms with Gasteiger partial charge >= 0.3 is 0 Å². The molecule has 9 aliphatic rings. The molecule has 0 aromatic carbocycles. The Morgan fingerprint density at radius 2 is 0.444 bits per heavy atom. The van der Waals surface area contributed by atoms with Crippen molar-refractivity contribution in [3.05, 3.63) is 0 Å². The fourth-order valence-corrected chi connectivity index (χ4v) is 12.1. The minimum Gasteiger partial charge on any atom is -0.328 e.